The highest BCUT2D eigenvalue weighted by Crippen LogP contribution is 2.10. The average Bonchev–Trinajstić information content (AvgIpc) is 2.56. The van der Waals surface area contributed by atoms with Gasteiger partial charge in [-0.1, -0.05) is 78.6 Å². The molecule has 4 heteroatoms. The number of likely N-dealkylation sites (N-methyl/N-ethyl adjacent to an activating group) is 1. The van der Waals surface area contributed by atoms with Crippen LogP contribution in [0.1, 0.15) is 91.4 Å². The summed E-state index contributed by atoms with van der Waals surface area (Å²) < 4.78 is 0. The Morgan fingerprint density at radius 2 is 1.33 bits per heavy atom. The van der Waals surface area contributed by atoms with Crippen LogP contribution in [-0.4, -0.2) is 31.3 Å². The minimum Gasteiger partial charge on any atom is -0.356 e. The van der Waals surface area contributed by atoms with Crippen LogP contribution in [0.5, 0.6) is 0 Å². The highest BCUT2D eigenvalue weighted by molar-refractivity contribution is 5.90. The maximum absolute atomic E-state index is 11.9. The molecular weight excluding hydrogens is 300 g/mol. The molecule has 0 spiro atoms. The largest absolute Gasteiger partial charge is 0.356 e. The van der Waals surface area contributed by atoms with E-state index in [0.717, 1.165) is 13.0 Å². The van der Waals surface area contributed by atoms with Gasteiger partial charge in [-0.3, -0.25) is 9.59 Å². The summed E-state index contributed by atoms with van der Waals surface area (Å²) in [5, 5.41) is 5.88. The lowest BCUT2D eigenvalue weighted by Crippen LogP contribution is -2.41. The minimum atomic E-state index is -0.363. The number of ketones is 1. The lowest BCUT2D eigenvalue weighted by molar-refractivity contribution is -0.128. The number of amides is 1. The van der Waals surface area contributed by atoms with Crippen LogP contribution >= 0.6 is 0 Å². The lowest BCUT2D eigenvalue weighted by Gasteiger charge is -2.16. The summed E-state index contributed by atoms with van der Waals surface area (Å²) in [5.41, 5.74) is 0. The summed E-state index contributed by atoms with van der Waals surface area (Å²) in [7, 11) is 1.74. The second-order valence-electron chi connectivity index (χ2n) is 7.13. The normalized spacial score (nSPS) is 12.4. The highest BCUT2D eigenvalue weighted by Gasteiger charge is 2.21. The Balaban J connectivity index is 3.53. The molecule has 0 saturated carbocycles. The van der Waals surface area contributed by atoms with E-state index in [0.29, 0.717) is 0 Å². The molecular formula is C20H40N2O2. The van der Waals surface area contributed by atoms with Crippen LogP contribution < -0.4 is 10.6 Å². The molecule has 0 aliphatic carbocycles. The van der Waals surface area contributed by atoms with Crippen LogP contribution in [0.25, 0.3) is 0 Å². The van der Waals surface area contributed by atoms with Gasteiger partial charge in [-0.25, -0.2) is 0 Å². The Kier molecular flexibility index (Phi) is 15.0. The molecule has 1 unspecified atom stereocenters. The summed E-state index contributed by atoms with van der Waals surface area (Å²) in [6, 6.07) is -0.363. The molecule has 4 nitrogen and oxygen atoms in total. The van der Waals surface area contributed by atoms with Crippen molar-refractivity contribution in [3.63, 3.8) is 0 Å². The summed E-state index contributed by atoms with van der Waals surface area (Å²) in [5.74, 6) is 0.0306. The molecule has 0 fully saturated rings. The van der Waals surface area contributed by atoms with E-state index in [-0.39, 0.29) is 30.1 Å². The molecule has 0 heterocycles. The van der Waals surface area contributed by atoms with Gasteiger partial charge in [0.2, 0.25) is 5.91 Å². The van der Waals surface area contributed by atoms with Gasteiger partial charge in [-0.15, -0.1) is 0 Å². The summed E-state index contributed by atoms with van der Waals surface area (Å²) in [6.45, 7) is 6.71. The van der Waals surface area contributed by atoms with Crippen LogP contribution in [-0.2, 0) is 9.59 Å². The van der Waals surface area contributed by atoms with E-state index >= 15 is 0 Å². The zero-order valence-electron chi connectivity index (χ0n) is 16.5. The second-order valence-corrected chi connectivity index (χ2v) is 7.13. The quantitative estimate of drug-likeness (QED) is 0.413. The maximum atomic E-state index is 11.9. The van der Waals surface area contributed by atoms with Crippen molar-refractivity contribution in [1.29, 1.82) is 0 Å². The first kappa shape index (κ1) is 23.1. The van der Waals surface area contributed by atoms with Gasteiger partial charge in [0, 0.05) is 18.9 Å². The summed E-state index contributed by atoms with van der Waals surface area (Å²) in [6.07, 6.45) is 13.2. The molecule has 0 aliphatic heterocycles. The molecule has 0 aromatic carbocycles. The molecule has 1 atom stereocenters. The number of carbonyl (C=O) groups is 2. The number of nitrogens with one attached hydrogen (secondary N) is 2. The van der Waals surface area contributed by atoms with Gasteiger partial charge in [0.1, 0.15) is 0 Å². The maximum Gasteiger partial charge on any atom is 0.222 e. The zero-order chi connectivity index (χ0) is 18.2. The minimum absolute atomic E-state index is 0.0284. The third-order valence-electron chi connectivity index (χ3n) is 4.50. The lowest BCUT2D eigenvalue weighted by atomic mass is 9.99. The van der Waals surface area contributed by atoms with Gasteiger partial charge in [0.25, 0.3) is 0 Å². The van der Waals surface area contributed by atoms with E-state index in [1.54, 1.807) is 7.05 Å². The van der Waals surface area contributed by atoms with Gasteiger partial charge in [-0.05, 0) is 13.5 Å². The molecule has 0 aromatic heterocycles. The number of hydrogen-bond donors (Lipinski definition) is 2. The Morgan fingerprint density at radius 3 is 1.79 bits per heavy atom. The SMILES string of the molecule is CCCCCCCCCCCCNC(=O)CC(NC)C(=O)C(C)C. The van der Waals surface area contributed by atoms with E-state index in [1.807, 2.05) is 13.8 Å². The highest BCUT2D eigenvalue weighted by atomic mass is 16.2. The average molecular weight is 341 g/mol. The van der Waals surface area contributed by atoms with Crippen molar-refractivity contribution in [2.45, 2.75) is 97.4 Å². The molecule has 24 heavy (non-hydrogen) atoms. The third-order valence-corrected chi connectivity index (χ3v) is 4.50. The van der Waals surface area contributed by atoms with Gasteiger partial charge in [-0.2, -0.15) is 0 Å². The topological polar surface area (TPSA) is 58.2 Å². The van der Waals surface area contributed by atoms with E-state index < -0.39 is 0 Å². The van der Waals surface area contributed by atoms with Crippen molar-refractivity contribution < 1.29 is 9.59 Å². The standard InChI is InChI=1S/C20H40N2O2/c1-5-6-7-8-9-10-11-12-13-14-15-22-19(23)16-18(21-4)20(24)17(2)3/h17-18,21H,5-16H2,1-4H3,(H,22,23). The summed E-state index contributed by atoms with van der Waals surface area (Å²) in [4.78, 5) is 23.8. The van der Waals surface area contributed by atoms with Gasteiger partial charge in [0.15, 0.2) is 5.78 Å². The number of Topliss-reactive ketones (excluding diaryl/α,β-unsaturated/α-hetero) is 1. The third kappa shape index (κ3) is 12.5. The van der Waals surface area contributed by atoms with Crippen molar-refractivity contribution in [2.24, 2.45) is 5.92 Å². The zero-order valence-corrected chi connectivity index (χ0v) is 16.5. The van der Waals surface area contributed by atoms with Crippen molar-refractivity contribution in [3.8, 4) is 0 Å². The number of unbranched alkanes of at least 4 members (excludes halogenated alkanes) is 9. The predicted molar refractivity (Wildman–Crippen MR) is 102 cm³/mol. The first-order valence-electron chi connectivity index (χ1n) is 10.0. The van der Waals surface area contributed by atoms with Crippen LogP contribution in [0.2, 0.25) is 0 Å². The molecule has 0 aromatic rings. The van der Waals surface area contributed by atoms with Crippen molar-refractivity contribution >= 4 is 11.7 Å². The monoisotopic (exact) mass is 340 g/mol. The molecule has 0 saturated heterocycles. The molecule has 142 valence electrons. The van der Waals surface area contributed by atoms with Crippen LogP contribution in [0.4, 0.5) is 0 Å². The van der Waals surface area contributed by atoms with Gasteiger partial charge in [0.05, 0.1) is 6.04 Å². The second kappa shape index (κ2) is 15.6. The van der Waals surface area contributed by atoms with Gasteiger partial charge >= 0.3 is 0 Å². The van der Waals surface area contributed by atoms with Gasteiger partial charge < -0.3 is 10.6 Å². The molecule has 2 N–H and O–H groups in total. The number of rotatable bonds is 16. The van der Waals surface area contributed by atoms with E-state index in [4.69, 9.17) is 0 Å². The first-order valence-corrected chi connectivity index (χ1v) is 10.0. The van der Waals surface area contributed by atoms with E-state index in [2.05, 4.69) is 17.6 Å². The molecule has 1 amide bonds. The Bertz CT molecular complexity index is 330. The fraction of sp³-hybridized carbons (Fsp3) is 0.900. The summed E-state index contributed by atoms with van der Waals surface area (Å²) >= 11 is 0. The molecule has 0 aliphatic rings. The Hall–Kier alpha value is -0.900. The van der Waals surface area contributed by atoms with Crippen LogP contribution in [0, 0.1) is 5.92 Å². The molecule has 0 bridgehead atoms. The van der Waals surface area contributed by atoms with E-state index in [9.17, 15) is 9.59 Å². The Morgan fingerprint density at radius 1 is 0.833 bits per heavy atom. The van der Waals surface area contributed by atoms with Crippen molar-refractivity contribution in [3.05, 3.63) is 0 Å². The molecule has 0 radical (unpaired) electrons. The Labute approximate surface area is 149 Å². The van der Waals surface area contributed by atoms with Crippen molar-refractivity contribution in [2.75, 3.05) is 13.6 Å². The van der Waals surface area contributed by atoms with E-state index in [1.165, 1.54) is 57.8 Å². The molecule has 0 rings (SSSR count). The van der Waals surface area contributed by atoms with Crippen LogP contribution in [0.15, 0.2) is 0 Å². The first-order chi connectivity index (χ1) is 11.5. The fourth-order valence-electron chi connectivity index (χ4n) is 2.85. The fourth-order valence-corrected chi connectivity index (χ4v) is 2.85. The van der Waals surface area contributed by atoms with Crippen molar-refractivity contribution in [1.82, 2.24) is 10.6 Å². The number of hydrogen-bond acceptors (Lipinski definition) is 3. The number of carbonyl (C=O) groups excluding carboxylic acids is 2. The predicted octanol–water partition coefficient (Wildman–Crippen LogP) is 4.23. The smallest absolute Gasteiger partial charge is 0.222 e. The van der Waals surface area contributed by atoms with Crippen LogP contribution in [0.3, 0.4) is 0 Å².